The fourth-order valence-corrected chi connectivity index (χ4v) is 9.08. The molecular weight excluding hydrogens is 755 g/mol. The minimum absolute atomic E-state index is 0.622. The van der Waals surface area contributed by atoms with E-state index in [1.807, 2.05) is 42.5 Å². The van der Waals surface area contributed by atoms with Gasteiger partial charge in [-0.3, -0.25) is 0 Å². The third kappa shape index (κ3) is 5.98. The van der Waals surface area contributed by atoms with Gasteiger partial charge in [-0.2, -0.15) is 0 Å². The smallest absolute Gasteiger partial charge is 0.164 e. The average molecular weight is 792 g/mol. The van der Waals surface area contributed by atoms with Crippen molar-refractivity contribution in [2.24, 2.45) is 0 Å². The predicted molar refractivity (Wildman–Crippen MR) is 256 cm³/mol. The molecule has 0 bridgehead atoms. The second-order valence-electron chi connectivity index (χ2n) is 15.6. The average Bonchev–Trinajstić information content (AvgIpc) is 3.87. The lowest BCUT2D eigenvalue weighted by Crippen LogP contribution is -2.01. The molecule has 3 heterocycles. The zero-order chi connectivity index (χ0) is 41.0. The molecule has 0 amide bonds. The van der Waals surface area contributed by atoms with Gasteiger partial charge in [0, 0.05) is 49.6 Å². The normalized spacial score (nSPS) is 11.5. The van der Waals surface area contributed by atoms with Crippen molar-refractivity contribution in [2.75, 3.05) is 0 Å². The van der Waals surface area contributed by atoms with Crippen molar-refractivity contribution in [3.8, 4) is 67.8 Å². The van der Waals surface area contributed by atoms with E-state index < -0.39 is 0 Å². The first kappa shape index (κ1) is 35.5. The van der Waals surface area contributed by atoms with E-state index in [-0.39, 0.29) is 0 Å². The molecule has 0 aliphatic carbocycles. The monoisotopic (exact) mass is 791 g/mol. The molecule has 12 aromatic rings. The number of para-hydroxylation sites is 3. The van der Waals surface area contributed by atoms with Gasteiger partial charge in [-0.25, -0.2) is 15.0 Å². The molecule has 0 aliphatic rings. The fourth-order valence-electron chi connectivity index (χ4n) is 9.08. The van der Waals surface area contributed by atoms with Crippen LogP contribution in [0, 0.1) is 0 Å². The van der Waals surface area contributed by atoms with Gasteiger partial charge in [0.1, 0.15) is 0 Å². The molecule has 0 fully saturated rings. The molecule has 0 radical (unpaired) electrons. The summed E-state index contributed by atoms with van der Waals surface area (Å²) < 4.78 is 4.74. The molecule has 0 saturated carbocycles. The second-order valence-corrected chi connectivity index (χ2v) is 15.6. The highest BCUT2D eigenvalue weighted by Crippen LogP contribution is 2.39. The van der Waals surface area contributed by atoms with E-state index in [4.69, 9.17) is 15.0 Å². The van der Waals surface area contributed by atoms with E-state index in [9.17, 15) is 0 Å². The highest BCUT2D eigenvalue weighted by Gasteiger charge is 2.18. The van der Waals surface area contributed by atoms with Gasteiger partial charge in [0.05, 0.1) is 22.1 Å². The molecule has 0 atom stereocenters. The number of aromatic nitrogens is 5. The van der Waals surface area contributed by atoms with Crippen LogP contribution in [0.4, 0.5) is 0 Å². The van der Waals surface area contributed by atoms with Crippen LogP contribution in [0.25, 0.3) is 111 Å². The van der Waals surface area contributed by atoms with E-state index in [1.54, 1.807) is 0 Å². The van der Waals surface area contributed by atoms with Gasteiger partial charge >= 0.3 is 0 Å². The molecule has 0 N–H and O–H groups in total. The van der Waals surface area contributed by atoms with E-state index in [1.165, 1.54) is 43.7 Å². The lowest BCUT2D eigenvalue weighted by molar-refractivity contribution is 1.07. The van der Waals surface area contributed by atoms with Crippen molar-refractivity contribution in [1.82, 2.24) is 24.1 Å². The lowest BCUT2D eigenvalue weighted by atomic mass is 9.99. The first-order chi connectivity index (χ1) is 30.7. The highest BCUT2D eigenvalue weighted by molar-refractivity contribution is 6.12. The Hall–Kier alpha value is -8.41. The third-order valence-electron chi connectivity index (χ3n) is 12.0. The van der Waals surface area contributed by atoms with Crippen LogP contribution in [0.2, 0.25) is 0 Å². The van der Waals surface area contributed by atoms with Crippen LogP contribution in [-0.2, 0) is 0 Å². The molecule has 0 spiro atoms. The van der Waals surface area contributed by atoms with E-state index in [0.29, 0.717) is 17.5 Å². The molecule has 290 valence electrons. The Morgan fingerprint density at radius 1 is 0.242 bits per heavy atom. The van der Waals surface area contributed by atoms with Gasteiger partial charge in [0.25, 0.3) is 0 Å². The number of rotatable bonds is 7. The Bertz CT molecular complexity index is 3610. The molecule has 62 heavy (non-hydrogen) atoms. The summed E-state index contributed by atoms with van der Waals surface area (Å²) in [6.07, 6.45) is 0. The summed E-state index contributed by atoms with van der Waals surface area (Å²) in [6, 6.07) is 79.3. The van der Waals surface area contributed by atoms with Gasteiger partial charge in [-0.05, 0) is 89.0 Å². The fraction of sp³-hybridized carbons (Fsp3) is 0. The highest BCUT2D eigenvalue weighted by atomic mass is 15.0. The largest absolute Gasteiger partial charge is 0.309 e. The molecular formula is C57H37N5. The topological polar surface area (TPSA) is 48.5 Å². The molecule has 5 nitrogen and oxygen atoms in total. The molecule has 3 aromatic heterocycles. The number of benzene rings is 9. The van der Waals surface area contributed by atoms with Gasteiger partial charge in [0.2, 0.25) is 0 Å². The molecule has 12 rings (SSSR count). The van der Waals surface area contributed by atoms with Crippen LogP contribution in [0.15, 0.2) is 224 Å². The Kier molecular flexibility index (Phi) is 8.42. The standard InChI is InChI=1S/C57H37N5/c1-4-16-38(17-5-1)45-22-10-11-25-49(45)57-59-55(39-18-6-2-7-19-39)58-56(60-57)40-28-32-44(33-29-40)62-51-26-14-12-23-46(51)48-34-30-42(37-54(48)62)41-31-35-53-50(36-41)47-24-13-15-27-52(47)61(53)43-20-8-3-9-21-43/h1-37H. The zero-order valence-corrected chi connectivity index (χ0v) is 33.6. The molecule has 9 aromatic carbocycles. The Morgan fingerprint density at radius 2 is 0.677 bits per heavy atom. The van der Waals surface area contributed by atoms with Gasteiger partial charge in [-0.15, -0.1) is 0 Å². The summed E-state index contributed by atoms with van der Waals surface area (Å²) in [6.45, 7) is 0. The Morgan fingerprint density at radius 3 is 1.37 bits per heavy atom. The van der Waals surface area contributed by atoms with Crippen molar-refractivity contribution in [3.63, 3.8) is 0 Å². The summed E-state index contributed by atoms with van der Waals surface area (Å²) in [7, 11) is 0. The van der Waals surface area contributed by atoms with Crippen molar-refractivity contribution in [3.05, 3.63) is 224 Å². The SMILES string of the molecule is c1ccc(-c2nc(-c3ccc(-n4c5ccccc5c5ccc(-c6ccc7c(c6)c6ccccc6n7-c6ccccc6)cc54)cc3)nc(-c3ccccc3-c3ccccc3)n2)cc1. The second kappa shape index (κ2) is 14.7. The van der Waals surface area contributed by atoms with E-state index >= 15 is 0 Å². The van der Waals surface area contributed by atoms with Crippen LogP contribution in [0.5, 0.6) is 0 Å². The van der Waals surface area contributed by atoms with Crippen LogP contribution in [0.3, 0.4) is 0 Å². The Balaban J connectivity index is 0.978. The van der Waals surface area contributed by atoms with Gasteiger partial charge < -0.3 is 9.13 Å². The van der Waals surface area contributed by atoms with Crippen molar-refractivity contribution < 1.29 is 0 Å². The van der Waals surface area contributed by atoms with Crippen LogP contribution in [0.1, 0.15) is 0 Å². The van der Waals surface area contributed by atoms with Crippen molar-refractivity contribution >= 4 is 43.6 Å². The van der Waals surface area contributed by atoms with Crippen molar-refractivity contribution in [1.29, 1.82) is 0 Å². The maximum Gasteiger partial charge on any atom is 0.164 e. The minimum Gasteiger partial charge on any atom is -0.309 e. The van der Waals surface area contributed by atoms with Gasteiger partial charge in [0.15, 0.2) is 17.5 Å². The van der Waals surface area contributed by atoms with Crippen LogP contribution in [-0.4, -0.2) is 24.1 Å². The summed E-state index contributed by atoms with van der Waals surface area (Å²) >= 11 is 0. The summed E-state index contributed by atoms with van der Waals surface area (Å²) in [5.41, 5.74) is 14.2. The predicted octanol–water partition coefficient (Wildman–Crippen LogP) is 14.4. The number of nitrogens with zero attached hydrogens (tertiary/aromatic N) is 5. The van der Waals surface area contributed by atoms with Gasteiger partial charge in [-0.1, -0.05) is 158 Å². The maximum atomic E-state index is 5.15. The first-order valence-electron chi connectivity index (χ1n) is 20.9. The summed E-state index contributed by atoms with van der Waals surface area (Å²) in [5, 5.41) is 4.90. The quantitative estimate of drug-likeness (QED) is 0.162. The molecule has 0 aliphatic heterocycles. The Labute approximate surface area is 358 Å². The number of fused-ring (bicyclic) bond motifs is 6. The van der Waals surface area contributed by atoms with Crippen LogP contribution >= 0.6 is 0 Å². The lowest BCUT2D eigenvalue weighted by Gasteiger charge is -2.13. The van der Waals surface area contributed by atoms with E-state index in [0.717, 1.165) is 50.2 Å². The summed E-state index contributed by atoms with van der Waals surface area (Å²) in [4.78, 5) is 15.3. The third-order valence-corrected chi connectivity index (χ3v) is 12.0. The molecule has 5 heteroatoms. The maximum absolute atomic E-state index is 5.15. The minimum atomic E-state index is 0.622. The van der Waals surface area contributed by atoms with E-state index in [2.05, 4.69) is 191 Å². The van der Waals surface area contributed by atoms with Crippen molar-refractivity contribution in [2.45, 2.75) is 0 Å². The molecule has 0 unspecified atom stereocenters. The van der Waals surface area contributed by atoms with Crippen LogP contribution < -0.4 is 0 Å². The number of hydrogen-bond donors (Lipinski definition) is 0. The first-order valence-corrected chi connectivity index (χ1v) is 20.9. The molecule has 0 saturated heterocycles. The zero-order valence-electron chi connectivity index (χ0n) is 33.6. The summed E-state index contributed by atoms with van der Waals surface area (Å²) in [5.74, 6) is 1.89. The number of hydrogen-bond acceptors (Lipinski definition) is 3.